The van der Waals surface area contributed by atoms with E-state index in [4.69, 9.17) is 0 Å². The molecule has 0 fully saturated rings. The molecular formula is C28H32FN3O3S. The van der Waals surface area contributed by atoms with Crippen molar-refractivity contribution in [1.29, 1.82) is 0 Å². The van der Waals surface area contributed by atoms with Crippen LogP contribution in [-0.4, -0.2) is 28.0 Å². The Balaban J connectivity index is 1.58. The molecule has 2 N–H and O–H groups in total. The number of urea groups is 1. The molecule has 0 saturated heterocycles. The molecule has 0 aromatic heterocycles. The fourth-order valence-electron chi connectivity index (χ4n) is 5.00. The second kappa shape index (κ2) is 10.0. The maximum Gasteiger partial charge on any atom is 0.322 e. The van der Waals surface area contributed by atoms with Crippen molar-refractivity contribution in [2.75, 3.05) is 18.5 Å². The number of amides is 2. The Hall–Kier alpha value is -3.23. The molecule has 0 atom stereocenters. The Bertz CT molecular complexity index is 1380. The largest absolute Gasteiger partial charge is 0.334 e. The van der Waals surface area contributed by atoms with E-state index in [9.17, 15) is 17.6 Å². The summed E-state index contributed by atoms with van der Waals surface area (Å²) in [5.41, 5.74) is 5.51. The molecule has 190 valence electrons. The van der Waals surface area contributed by atoms with Gasteiger partial charge in [0.25, 0.3) is 0 Å². The maximum absolute atomic E-state index is 13.7. The zero-order valence-electron chi connectivity index (χ0n) is 21.1. The quantitative estimate of drug-likeness (QED) is 0.442. The summed E-state index contributed by atoms with van der Waals surface area (Å²) in [6.07, 6.45) is 1.76. The Morgan fingerprint density at radius 2 is 1.72 bits per heavy atom. The lowest BCUT2D eigenvalue weighted by Crippen LogP contribution is -2.42. The van der Waals surface area contributed by atoms with E-state index in [2.05, 4.69) is 30.0 Å². The summed E-state index contributed by atoms with van der Waals surface area (Å²) in [6, 6.07) is 17.2. The van der Waals surface area contributed by atoms with Crippen molar-refractivity contribution in [3.05, 3.63) is 83.2 Å². The molecule has 4 rings (SSSR count). The van der Waals surface area contributed by atoms with E-state index >= 15 is 0 Å². The molecule has 1 aliphatic rings. The van der Waals surface area contributed by atoms with Gasteiger partial charge in [0.05, 0.1) is 4.90 Å². The Morgan fingerprint density at radius 1 is 1.03 bits per heavy atom. The minimum Gasteiger partial charge on any atom is -0.334 e. The molecule has 1 heterocycles. The first-order valence-corrected chi connectivity index (χ1v) is 13.6. The zero-order chi connectivity index (χ0) is 26.1. The molecule has 1 aliphatic heterocycles. The van der Waals surface area contributed by atoms with Gasteiger partial charge in [0.1, 0.15) is 5.82 Å². The van der Waals surface area contributed by atoms with Gasteiger partial charge in [0, 0.05) is 24.2 Å². The molecule has 3 aromatic rings. The van der Waals surface area contributed by atoms with E-state index in [1.165, 1.54) is 31.3 Å². The van der Waals surface area contributed by atoms with E-state index in [0.29, 0.717) is 6.54 Å². The molecule has 0 bridgehead atoms. The molecule has 0 radical (unpaired) electrons. The van der Waals surface area contributed by atoms with Gasteiger partial charge in [-0.05, 0) is 91.0 Å². The molecule has 0 spiro atoms. The van der Waals surface area contributed by atoms with Crippen LogP contribution in [-0.2, 0) is 22.0 Å². The van der Waals surface area contributed by atoms with Crippen molar-refractivity contribution >= 4 is 21.7 Å². The average molecular weight is 510 g/mol. The number of carbonyl (C=O) groups excluding carboxylic acids is 1. The van der Waals surface area contributed by atoms with Gasteiger partial charge in [-0.2, -0.15) is 0 Å². The predicted octanol–water partition coefficient (Wildman–Crippen LogP) is 5.50. The van der Waals surface area contributed by atoms with E-state index in [1.54, 1.807) is 23.1 Å². The van der Waals surface area contributed by atoms with Crippen LogP contribution in [0.25, 0.3) is 11.1 Å². The summed E-state index contributed by atoms with van der Waals surface area (Å²) >= 11 is 0. The minimum absolute atomic E-state index is 0.167. The van der Waals surface area contributed by atoms with E-state index in [-0.39, 0.29) is 28.7 Å². The van der Waals surface area contributed by atoms with Crippen LogP contribution in [0.2, 0.25) is 0 Å². The second-order valence-electron chi connectivity index (χ2n) is 9.27. The fraction of sp³-hybridized carbons (Fsp3) is 0.321. The maximum atomic E-state index is 13.7. The standard InChI is InChI=1S/C28H32FN3O3S/c1-5-28(6-2)18-32(27(33)31-17-20-7-11-23(12-8-20)36(34,35)30-4)26-14-9-21(16-25(26)28)24-13-10-22(29)15-19(24)3/h7-16,30H,5-6,17-18H2,1-4H3,(H,31,33). The SMILES string of the molecule is CCC1(CC)CN(C(=O)NCc2ccc(S(=O)(=O)NC)cc2)c2ccc(-c3ccc(F)cc3C)cc21. The van der Waals surface area contributed by atoms with Crippen LogP contribution in [0, 0.1) is 12.7 Å². The van der Waals surface area contributed by atoms with Gasteiger partial charge >= 0.3 is 6.03 Å². The molecule has 8 heteroatoms. The van der Waals surface area contributed by atoms with E-state index in [0.717, 1.165) is 46.3 Å². The average Bonchev–Trinajstić information content (AvgIpc) is 3.22. The molecule has 0 aliphatic carbocycles. The molecule has 6 nitrogen and oxygen atoms in total. The molecule has 0 saturated carbocycles. The molecule has 0 unspecified atom stereocenters. The number of halogens is 1. The second-order valence-corrected chi connectivity index (χ2v) is 11.2. The smallest absolute Gasteiger partial charge is 0.322 e. The third kappa shape index (κ3) is 4.75. The number of carbonyl (C=O) groups is 1. The minimum atomic E-state index is -3.50. The van der Waals surface area contributed by atoms with Crippen LogP contribution < -0.4 is 14.9 Å². The Kier molecular flexibility index (Phi) is 7.20. The number of sulfonamides is 1. The predicted molar refractivity (Wildman–Crippen MR) is 141 cm³/mol. The third-order valence-electron chi connectivity index (χ3n) is 7.36. The van der Waals surface area contributed by atoms with Crippen molar-refractivity contribution in [3.8, 4) is 11.1 Å². The van der Waals surface area contributed by atoms with Crippen molar-refractivity contribution in [3.63, 3.8) is 0 Å². The van der Waals surface area contributed by atoms with E-state index < -0.39 is 10.0 Å². The molecule has 36 heavy (non-hydrogen) atoms. The molecule has 3 aromatic carbocycles. The third-order valence-corrected chi connectivity index (χ3v) is 8.79. The van der Waals surface area contributed by atoms with Crippen LogP contribution in [0.3, 0.4) is 0 Å². The van der Waals surface area contributed by atoms with Crippen LogP contribution in [0.1, 0.15) is 43.4 Å². The van der Waals surface area contributed by atoms with Gasteiger partial charge in [0.2, 0.25) is 10.0 Å². The number of nitrogens with one attached hydrogen (secondary N) is 2. The topological polar surface area (TPSA) is 78.5 Å². The van der Waals surface area contributed by atoms with E-state index in [1.807, 2.05) is 19.1 Å². The highest BCUT2D eigenvalue weighted by molar-refractivity contribution is 7.89. The summed E-state index contributed by atoms with van der Waals surface area (Å²) in [5, 5.41) is 2.98. The van der Waals surface area contributed by atoms with Crippen LogP contribution in [0.4, 0.5) is 14.9 Å². The number of anilines is 1. The zero-order valence-corrected chi connectivity index (χ0v) is 21.9. The van der Waals surface area contributed by atoms with Crippen LogP contribution in [0.15, 0.2) is 65.6 Å². The monoisotopic (exact) mass is 509 g/mol. The molecular weight excluding hydrogens is 477 g/mol. The Morgan fingerprint density at radius 3 is 2.33 bits per heavy atom. The fourth-order valence-corrected chi connectivity index (χ4v) is 5.73. The van der Waals surface area contributed by atoms with Crippen molar-refractivity contribution in [1.82, 2.24) is 10.0 Å². The van der Waals surface area contributed by atoms with Crippen molar-refractivity contribution in [2.45, 2.75) is 50.5 Å². The first kappa shape index (κ1) is 25.9. The highest BCUT2D eigenvalue weighted by Gasteiger charge is 2.42. The van der Waals surface area contributed by atoms with Gasteiger partial charge in [0.15, 0.2) is 0 Å². The molecule has 2 amide bonds. The number of rotatable bonds is 7. The lowest BCUT2D eigenvalue weighted by atomic mass is 9.77. The number of aryl methyl sites for hydroxylation is 1. The van der Waals surface area contributed by atoms with Gasteiger partial charge in [-0.3, -0.25) is 4.90 Å². The first-order valence-electron chi connectivity index (χ1n) is 12.1. The number of hydrogen-bond donors (Lipinski definition) is 2. The van der Waals surface area contributed by atoms with Gasteiger partial charge in [-0.1, -0.05) is 38.1 Å². The lowest BCUT2D eigenvalue weighted by Gasteiger charge is -2.28. The highest BCUT2D eigenvalue weighted by Crippen LogP contribution is 2.46. The number of hydrogen-bond acceptors (Lipinski definition) is 3. The van der Waals surface area contributed by atoms with Crippen molar-refractivity contribution < 1.29 is 17.6 Å². The summed E-state index contributed by atoms with van der Waals surface area (Å²) in [7, 11) is -2.14. The van der Waals surface area contributed by atoms with Crippen LogP contribution >= 0.6 is 0 Å². The van der Waals surface area contributed by atoms with Gasteiger partial charge in [-0.25, -0.2) is 22.3 Å². The lowest BCUT2D eigenvalue weighted by molar-refractivity contribution is 0.244. The van der Waals surface area contributed by atoms with Gasteiger partial charge < -0.3 is 5.32 Å². The number of nitrogens with zero attached hydrogens (tertiary/aromatic N) is 1. The first-order chi connectivity index (χ1) is 17.1. The normalized spacial score (nSPS) is 14.5. The van der Waals surface area contributed by atoms with Crippen molar-refractivity contribution in [2.24, 2.45) is 0 Å². The summed E-state index contributed by atoms with van der Waals surface area (Å²) < 4.78 is 39.8. The number of fused-ring (bicyclic) bond motifs is 1. The highest BCUT2D eigenvalue weighted by atomic mass is 32.2. The van der Waals surface area contributed by atoms with Crippen LogP contribution in [0.5, 0.6) is 0 Å². The summed E-state index contributed by atoms with van der Waals surface area (Å²) in [5.74, 6) is -0.255. The summed E-state index contributed by atoms with van der Waals surface area (Å²) in [4.78, 5) is 15.3. The number of benzene rings is 3. The Labute approximate surface area is 212 Å². The summed E-state index contributed by atoms with van der Waals surface area (Å²) in [6.45, 7) is 7.05. The van der Waals surface area contributed by atoms with Gasteiger partial charge in [-0.15, -0.1) is 0 Å².